The Hall–Kier alpha value is -1.28. The molecule has 0 unspecified atom stereocenters. The molecule has 3 aromatic rings. The Balaban J connectivity index is 0.00000121. The van der Waals surface area contributed by atoms with Crippen LogP contribution < -0.4 is 0 Å². The van der Waals surface area contributed by atoms with Gasteiger partial charge in [0.1, 0.15) is 0 Å². The molecule has 0 amide bonds. The molecule has 1 aliphatic rings. The van der Waals surface area contributed by atoms with Crippen molar-refractivity contribution in [3.63, 3.8) is 0 Å². The van der Waals surface area contributed by atoms with E-state index in [9.17, 15) is 0 Å². The van der Waals surface area contributed by atoms with Gasteiger partial charge >= 0.3 is 0 Å². The van der Waals surface area contributed by atoms with Gasteiger partial charge in [0.05, 0.1) is 0 Å². The average molecular weight is 423 g/mol. The number of pyridine rings is 1. The van der Waals surface area contributed by atoms with Crippen molar-refractivity contribution in [2.45, 2.75) is 19.3 Å². The van der Waals surface area contributed by atoms with E-state index in [4.69, 9.17) is 0 Å². The second-order valence-corrected chi connectivity index (χ2v) is 5.65. The summed E-state index contributed by atoms with van der Waals surface area (Å²) in [6, 6.07) is 18.2. The summed E-state index contributed by atoms with van der Waals surface area (Å²) >= 11 is 0. The van der Waals surface area contributed by atoms with Gasteiger partial charge in [0.25, 0.3) is 0 Å². The van der Waals surface area contributed by atoms with Crippen LogP contribution in [0.15, 0.2) is 48.7 Å². The molecule has 0 saturated carbocycles. The molecule has 4 rings (SSSR count). The predicted octanol–water partition coefficient (Wildman–Crippen LogP) is 4.34. The van der Waals surface area contributed by atoms with Gasteiger partial charge in [-0.05, 0) is 16.9 Å². The van der Waals surface area contributed by atoms with Crippen LogP contribution in [0.1, 0.15) is 25.0 Å². The maximum atomic E-state index is 4.60. The summed E-state index contributed by atoms with van der Waals surface area (Å²) in [5.74, 6) is 0. The van der Waals surface area contributed by atoms with Gasteiger partial charge in [0.15, 0.2) is 0 Å². The molecule has 2 heteroatoms. The van der Waals surface area contributed by atoms with Gasteiger partial charge in [-0.15, -0.1) is 35.4 Å². The minimum absolute atomic E-state index is 0. The van der Waals surface area contributed by atoms with Crippen molar-refractivity contribution in [2.24, 2.45) is 0 Å². The molecule has 0 N–H and O–H groups in total. The Morgan fingerprint density at radius 1 is 1.00 bits per heavy atom. The molecule has 0 bridgehead atoms. The number of aromatic nitrogens is 1. The molecule has 0 saturated heterocycles. The first-order chi connectivity index (χ1) is 9.19. The fourth-order valence-corrected chi connectivity index (χ4v) is 3.23. The number of rotatable bonds is 0. The van der Waals surface area contributed by atoms with Gasteiger partial charge in [0.2, 0.25) is 0 Å². The van der Waals surface area contributed by atoms with Crippen LogP contribution in [0.3, 0.4) is 0 Å². The molecule has 1 aliphatic carbocycles. The standard InChI is InChI=1S/C18H14N.Hf/c1-18(2)14-8-4-3-7-13(14)16-15(18)10-9-12-6-5-11-19-17(12)16;/h3-6,8-11H,1-2H3;/q-1;. The summed E-state index contributed by atoms with van der Waals surface area (Å²) in [7, 11) is 0. The number of hydrogen-bond donors (Lipinski definition) is 0. The molecule has 0 atom stereocenters. The van der Waals surface area contributed by atoms with Crippen LogP contribution in [0.2, 0.25) is 0 Å². The molecule has 0 spiro atoms. The molecule has 20 heavy (non-hydrogen) atoms. The van der Waals surface area contributed by atoms with Crippen LogP contribution >= 0.6 is 0 Å². The van der Waals surface area contributed by atoms with Crippen LogP contribution in [-0.2, 0) is 31.3 Å². The van der Waals surface area contributed by atoms with Crippen molar-refractivity contribution in [1.29, 1.82) is 0 Å². The summed E-state index contributed by atoms with van der Waals surface area (Å²) in [6.07, 6.45) is 1.87. The van der Waals surface area contributed by atoms with E-state index in [1.165, 1.54) is 27.6 Å². The van der Waals surface area contributed by atoms with Gasteiger partial charge in [0, 0.05) is 37.6 Å². The number of fused-ring (bicyclic) bond motifs is 5. The number of nitrogens with zero attached hydrogens (tertiary/aromatic N) is 1. The van der Waals surface area contributed by atoms with E-state index >= 15 is 0 Å². The Labute approximate surface area is 137 Å². The number of hydrogen-bond acceptors (Lipinski definition) is 1. The van der Waals surface area contributed by atoms with Crippen molar-refractivity contribution in [2.75, 3.05) is 0 Å². The minimum Gasteiger partial charge on any atom is -0.266 e. The Kier molecular flexibility index (Phi) is 3.17. The average Bonchev–Trinajstić information content (AvgIpc) is 2.68. The van der Waals surface area contributed by atoms with Gasteiger partial charge in [-0.2, -0.15) is 0 Å². The first-order valence-corrected chi connectivity index (χ1v) is 6.59. The topological polar surface area (TPSA) is 12.9 Å². The Morgan fingerprint density at radius 3 is 2.70 bits per heavy atom. The molecule has 1 nitrogen and oxygen atoms in total. The van der Waals surface area contributed by atoms with E-state index < -0.39 is 0 Å². The second kappa shape index (κ2) is 4.63. The van der Waals surface area contributed by atoms with E-state index in [2.05, 4.69) is 55.2 Å². The van der Waals surface area contributed by atoms with Crippen molar-refractivity contribution < 1.29 is 25.8 Å². The Morgan fingerprint density at radius 2 is 1.85 bits per heavy atom. The molecular weight excluding hydrogens is 409 g/mol. The van der Waals surface area contributed by atoms with Crippen molar-refractivity contribution in [1.82, 2.24) is 4.98 Å². The molecular formula is C18H14HfN-. The van der Waals surface area contributed by atoms with Crippen molar-refractivity contribution in [3.8, 4) is 11.1 Å². The molecule has 1 aromatic heterocycles. The van der Waals surface area contributed by atoms with E-state index in [1.54, 1.807) is 0 Å². The maximum absolute atomic E-state index is 4.60. The van der Waals surface area contributed by atoms with E-state index in [1.807, 2.05) is 18.3 Å². The first kappa shape index (κ1) is 13.7. The minimum atomic E-state index is 0. The van der Waals surface area contributed by atoms with Gasteiger partial charge < -0.3 is 0 Å². The summed E-state index contributed by atoms with van der Waals surface area (Å²) in [5.41, 5.74) is 6.31. The van der Waals surface area contributed by atoms with Crippen molar-refractivity contribution in [3.05, 3.63) is 65.9 Å². The van der Waals surface area contributed by atoms with Crippen molar-refractivity contribution >= 4 is 10.9 Å². The third-order valence-corrected chi connectivity index (χ3v) is 4.23. The molecule has 1 heterocycles. The van der Waals surface area contributed by atoms with Crippen LogP contribution in [0, 0.1) is 6.07 Å². The molecule has 0 fully saturated rings. The molecule has 96 valence electrons. The third kappa shape index (κ3) is 1.67. The van der Waals surface area contributed by atoms with Crippen LogP contribution in [-0.4, -0.2) is 4.98 Å². The second-order valence-electron chi connectivity index (χ2n) is 5.65. The smallest absolute Gasteiger partial charge is 0.0369 e. The van der Waals surface area contributed by atoms with Gasteiger partial charge in [-0.1, -0.05) is 43.2 Å². The third-order valence-electron chi connectivity index (χ3n) is 4.23. The maximum Gasteiger partial charge on any atom is 0.0369 e. The number of benzene rings is 2. The summed E-state index contributed by atoms with van der Waals surface area (Å²) in [4.78, 5) is 4.60. The zero-order chi connectivity index (χ0) is 13.0. The van der Waals surface area contributed by atoms with Gasteiger partial charge in [-0.25, -0.2) is 0 Å². The summed E-state index contributed by atoms with van der Waals surface area (Å²) in [5, 5.41) is 1.20. The fourth-order valence-electron chi connectivity index (χ4n) is 3.23. The monoisotopic (exact) mass is 424 g/mol. The van der Waals surface area contributed by atoms with Crippen LogP contribution in [0.5, 0.6) is 0 Å². The summed E-state index contributed by atoms with van der Waals surface area (Å²) < 4.78 is 0. The van der Waals surface area contributed by atoms with E-state index in [0.29, 0.717) is 0 Å². The van der Waals surface area contributed by atoms with Crippen LogP contribution in [0.25, 0.3) is 22.0 Å². The van der Waals surface area contributed by atoms with E-state index in [-0.39, 0.29) is 31.3 Å². The SMILES string of the molecule is CC1(C)c2ccc[c-]c2-c2c1ccc1cccnc21.[Hf]. The predicted molar refractivity (Wildman–Crippen MR) is 78.1 cm³/mol. The van der Waals surface area contributed by atoms with E-state index in [0.717, 1.165) is 5.52 Å². The van der Waals surface area contributed by atoms with Gasteiger partial charge in [-0.3, -0.25) is 4.98 Å². The fraction of sp³-hybridized carbons (Fsp3) is 0.167. The largest absolute Gasteiger partial charge is 0.266 e. The zero-order valence-corrected chi connectivity index (χ0v) is 15.2. The molecule has 2 aromatic carbocycles. The first-order valence-electron chi connectivity index (χ1n) is 6.59. The quantitative estimate of drug-likeness (QED) is 0.388. The summed E-state index contributed by atoms with van der Waals surface area (Å²) in [6.45, 7) is 4.56. The Bertz CT molecular complexity index is 805. The van der Waals surface area contributed by atoms with Crippen LogP contribution in [0.4, 0.5) is 0 Å². The molecule has 0 aliphatic heterocycles. The normalized spacial score (nSPS) is 14.5. The molecule has 0 radical (unpaired) electrons. The zero-order valence-electron chi connectivity index (χ0n) is 11.6.